The Hall–Kier alpha value is -3.32. The Bertz CT molecular complexity index is 1050. The summed E-state index contributed by atoms with van der Waals surface area (Å²) in [6.45, 7) is 0.478. The number of H-pyrrole nitrogens is 1. The summed E-state index contributed by atoms with van der Waals surface area (Å²) in [5, 5.41) is 10.4. The number of carbonyl (C=O) groups excluding carboxylic acids is 2. The van der Waals surface area contributed by atoms with E-state index in [1.807, 2.05) is 24.3 Å². The Morgan fingerprint density at radius 1 is 1.24 bits per heavy atom. The summed E-state index contributed by atoms with van der Waals surface area (Å²) in [6.07, 6.45) is 0.442. The molecular weight excluding hydrogens is 392 g/mol. The summed E-state index contributed by atoms with van der Waals surface area (Å²) in [6, 6.07) is 16.2. The molecule has 1 aromatic heterocycles. The smallest absolute Gasteiger partial charge is 0.239 e. The van der Waals surface area contributed by atoms with E-state index in [1.165, 1.54) is 0 Å². The van der Waals surface area contributed by atoms with Gasteiger partial charge in [-0.25, -0.2) is 0 Å². The number of para-hydroxylation sites is 1. The van der Waals surface area contributed by atoms with Crippen molar-refractivity contribution in [2.75, 3.05) is 23.9 Å². The average molecular weight is 411 g/mol. The van der Waals surface area contributed by atoms with Crippen LogP contribution >= 0.6 is 11.6 Å². The van der Waals surface area contributed by atoms with Crippen molar-refractivity contribution < 1.29 is 14.3 Å². The van der Waals surface area contributed by atoms with Crippen LogP contribution in [-0.2, 0) is 9.59 Å². The predicted octanol–water partition coefficient (Wildman–Crippen LogP) is 3.73. The lowest BCUT2D eigenvalue weighted by molar-refractivity contribution is -0.129. The highest BCUT2D eigenvalue weighted by Gasteiger charge is 2.37. The molecule has 1 atom stereocenters. The van der Waals surface area contributed by atoms with E-state index in [0.29, 0.717) is 35.2 Å². The second kappa shape index (κ2) is 7.97. The lowest BCUT2D eigenvalue weighted by Crippen LogP contribution is -2.33. The van der Waals surface area contributed by atoms with Gasteiger partial charge < -0.3 is 15.0 Å². The minimum atomic E-state index is -0.753. The number of rotatable bonds is 5. The number of hydrogen-bond donors (Lipinski definition) is 2. The Morgan fingerprint density at radius 3 is 2.76 bits per heavy atom. The van der Waals surface area contributed by atoms with Gasteiger partial charge in [0.1, 0.15) is 11.7 Å². The molecule has 0 bridgehead atoms. The largest absolute Gasteiger partial charge is 0.496 e. The van der Waals surface area contributed by atoms with Gasteiger partial charge >= 0.3 is 0 Å². The molecule has 0 saturated carbocycles. The van der Waals surface area contributed by atoms with Crippen molar-refractivity contribution >= 4 is 34.9 Å². The molecule has 0 spiro atoms. The summed E-state index contributed by atoms with van der Waals surface area (Å²) in [4.78, 5) is 27.0. The van der Waals surface area contributed by atoms with Crippen LogP contribution < -0.4 is 15.0 Å². The number of methoxy groups -OCH3 is 1. The molecule has 1 unspecified atom stereocenters. The molecule has 1 saturated heterocycles. The predicted molar refractivity (Wildman–Crippen MR) is 111 cm³/mol. The Kier molecular flexibility index (Phi) is 5.22. The van der Waals surface area contributed by atoms with Gasteiger partial charge in [0.25, 0.3) is 0 Å². The number of nitrogens with one attached hydrogen (secondary N) is 2. The van der Waals surface area contributed by atoms with Crippen LogP contribution in [0.15, 0.2) is 54.6 Å². The maximum atomic E-state index is 12.7. The van der Waals surface area contributed by atoms with E-state index in [0.717, 1.165) is 11.3 Å². The van der Waals surface area contributed by atoms with Gasteiger partial charge in [-0.2, -0.15) is 5.10 Å². The third-order valence-electron chi connectivity index (χ3n) is 4.89. The van der Waals surface area contributed by atoms with Crippen LogP contribution in [0, 0.1) is 5.92 Å². The highest BCUT2D eigenvalue weighted by atomic mass is 35.5. The number of ether oxygens (including phenoxy) is 1. The fourth-order valence-electron chi connectivity index (χ4n) is 3.40. The van der Waals surface area contributed by atoms with Gasteiger partial charge in [0.2, 0.25) is 11.8 Å². The second-order valence-corrected chi connectivity index (χ2v) is 7.10. The Balaban J connectivity index is 1.46. The number of carbonyl (C=O) groups is 2. The normalized spacial score (nSPS) is 16.1. The van der Waals surface area contributed by atoms with Crippen LogP contribution in [-0.4, -0.2) is 35.7 Å². The van der Waals surface area contributed by atoms with E-state index in [-0.39, 0.29) is 11.8 Å². The molecule has 2 heterocycles. The van der Waals surface area contributed by atoms with E-state index < -0.39 is 5.92 Å². The maximum absolute atomic E-state index is 12.7. The monoisotopic (exact) mass is 410 g/mol. The van der Waals surface area contributed by atoms with Crippen LogP contribution in [0.4, 0.5) is 11.5 Å². The third-order valence-corrected chi connectivity index (χ3v) is 5.14. The lowest BCUT2D eigenvalue weighted by atomic mass is 10.1. The zero-order chi connectivity index (χ0) is 20.4. The molecule has 2 N–H and O–H groups in total. The number of hydrogen-bond acceptors (Lipinski definition) is 4. The van der Waals surface area contributed by atoms with E-state index in [1.54, 1.807) is 42.3 Å². The first-order valence-electron chi connectivity index (χ1n) is 9.13. The average Bonchev–Trinajstić information content (AvgIpc) is 3.35. The number of amides is 2. The van der Waals surface area contributed by atoms with Gasteiger partial charge in [0.15, 0.2) is 5.82 Å². The SMILES string of the molecule is COc1ccccc1-c1cc(NC(=O)C2CCN(c3ccc(Cl)cc3)C2=O)n[nH]1. The Labute approximate surface area is 172 Å². The van der Waals surface area contributed by atoms with Crippen molar-refractivity contribution in [1.29, 1.82) is 0 Å². The van der Waals surface area contributed by atoms with Crippen molar-refractivity contribution in [1.82, 2.24) is 10.2 Å². The first-order chi connectivity index (χ1) is 14.1. The number of aromatic nitrogens is 2. The highest BCUT2D eigenvalue weighted by molar-refractivity contribution is 6.30. The van der Waals surface area contributed by atoms with Crippen molar-refractivity contribution in [2.24, 2.45) is 5.92 Å². The zero-order valence-electron chi connectivity index (χ0n) is 15.7. The third kappa shape index (κ3) is 3.82. The minimum Gasteiger partial charge on any atom is -0.496 e. The summed E-state index contributed by atoms with van der Waals surface area (Å²) in [7, 11) is 1.59. The fraction of sp³-hybridized carbons (Fsp3) is 0.190. The van der Waals surface area contributed by atoms with Crippen molar-refractivity contribution in [2.45, 2.75) is 6.42 Å². The van der Waals surface area contributed by atoms with Gasteiger partial charge in [-0.1, -0.05) is 23.7 Å². The molecule has 29 heavy (non-hydrogen) atoms. The second-order valence-electron chi connectivity index (χ2n) is 6.66. The molecule has 0 aliphatic carbocycles. The minimum absolute atomic E-state index is 0.231. The van der Waals surface area contributed by atoms with Crippen molar-refractivity contribution in [3.63, 3.8) is 0 Å². The summed E-state index contributed by atoms with van der Waals surface area (Å²) in [5.41, 5.74) is 2.26. The summed E-state index contributed by atoms with van der Waals surface area (Å²) >= 11 is 5.90. The topological polar surface area (TPSA) is 87.3 Å². The van der Waals surface area contributed by atoms with Crippen LogP contribution in [0.2, 0.25) is 5.02 Å². The maximum Gasteiger partial charge on any atom is 0.239 e. The van der Waals surface area contributed by atoms with E-state index >= 15 is 0 Å². The lowest BCUT2D eigenvalue weighted by Gasteiger charge is -2.16. The first-order valence-corrected chi connectivity index (χ1v) is 9.51. The molecule has 3 aromatic rings. The molecule has 2 aromatic carbocycles. The van der Waals surface area contributed by atoms with Crippen LogP contribution in [0.25, 0.3) is 11.3 Å². The molecule has 4 rings (SSSR count). The molecule has 1 aliphatic heterocycles. The molecule has 148 valence electrons. The highest BCUT2D eigenvalue weighted by Crippen LogP contribution is 2.30. The number of anilines is 2. The number of benzene rings is 2. The molecule has 8 heteroatoms. The van der Waals surface area contributed by atoms with Gasteiger partial charge in [-0.3, -0.25) is 14.7 Å². The van der Waals surface area contributed by atoms with E-state index in [9.17, 15) is 9.59 Å². The molecule has 1 fully saturated rings. The van der Waals surface area contributed by atoms with E-state index in [4.69, 9.17) is 16.3 Å². The zero-order valence-corrected chi connectivity index (χ0v) is 16.4. The number of halogens is 1. The summed E-state index contributed by atoms with van der Waals surface area (Å²) in [5.74, 6) is -0.306. The molecule has 0 radical (unpaired) electrons. The quantitative estimate of drug-likeness (QED) is 0.627. The van der Waals surface area contributed by atoms with Gasteiger partial charge in [0, 0.05) is 28.9 Å². The first kappa shape index (κ1) is 19.0. The molecule has 2 amide bonds. The Morgan fingerprint density at radius 2 is 2.00 bits per heavy atom. The van der Waals surface area contributed by atoms with Gasteiger partial charge in [-0.15, -0.1) is 0 Å². The van der Waals surface area contributed by atoms with Crippen LogP contribution in [0.3, 0.4) is 0 Å². The van der Waals surface area contributed by atoms with Crippen molar-refractivity contribution in [3.05, 3.63) is 59.6 Å². The van der Waals surface area contributed by atoms with Gasteiger partial charge in [0.05, 0.1) is 12.8 Å². The molecule has 1 aliphatic rings. The molecular formula is C21H19ClN4O3. The fourth-order valence-corrected chi connectivity index (χ4v) is 3.53. The van der Waals surface area contributed by atoms with Crippen LogP contribution in [0.1, 0.15) is 6.42 Å². The van der Waals surface area contributed by atoms with E-state index in [2.05, 4.69) is 15.5 Å². The van der Waals surface area contributed by atoms with Crippen molar-refractivity contribution in [3.8, 4) is 17.0 Å². The number of nitrogens with zero attached hydrogens (tertiary/aromatic N) is 2. The standard InChI is InChI=1S/C21H19ClN4O3/c1-29-18-5-3-2-4-15(18)17-12-19(25-24-17)23-20(27)16-10-11-26(21(16)28)14-8-6-13(22)7-9-14/h2-9,12,16H,10-11H2,1H3,(H2,23,24,25,27). The summed E-state index contributed by atoms with van der Waals surface area (Å²) < 4.78 is 5.35. The molecule has 7 nitrogen and oxygen atoms in total. The van der Waals surface area contributed by atoms with Gasteiger partial charge in [-0.05, 0) is 42.8 Å². The number of aromatic amines is 1. The van der Waals surface area contributed by atoms with Crippen LogP contribution in [0.5, 0.6) is 5.75 Å².